The number of aliphatic hydroxyl groups excluding tert-OH is 1. The number of carbonyl (C=O) groups is 2. The maximum absolute atomic E-state index is 13.0. The Morgan fingerprint density at radius 2 is 1.95 bits per heavy atom. The van der Waals surface area contributed by atoms with E-state index in [-0.39, 0.29) is 23.0 Å². The Morgan fingerprint density at radius 1 is 1.18 bits per heavy atom. The van der Waals surface area contributed by atoms with E-state index in [1.54, 1.807) is 6.08 Å². The molecule has 0 saturated heterocycles. The number of hydrogen-bond acceptors (Lipinski definition) is 3. The SMILES string of the molecule is C[C@@]12C=CC(O)=C[C@@H]1CC[C@H]1[C@H]2C(=O)C[C@]2(C)C(=O)CC[C@H]12. The van der Waals surface area contributed by atoms with Crippen LogP contribution in [0, 0.1) is 34.5 Å². The molecule has 3 fully saturated rings. The fraction of sp³-hybridized carbons (Fsp3) is 0.684. The van der Waals surface area contributed by atoms with E-state index >= 15 is 0 Å². The first-order valence-corrected chi connectivity index (χ1v) is 8.52. The van der Waals surface area contributed by atoms with Gasteiger partial charge in [0.2, 0.25) is 0 Å². The molecule has 22 heavy (non-hydrogen) atoms. The molecule has 0 unspecified atom stereocenters. The lowest BCUT2D eigenvalue weighted by Crippen LogP contribution is -2.55. The second-order valence-corrected chi connectivity index (χ2v) is 8.25. The summed E-state index contributed by atoms with van der Waals surface area (Å²) in [4.78, 5) is 25.3. The Labute approximate surface area is 131 Å². The van der Waals surface area contributed by atoms with Crippen LogP contribution >= 0.6 is 0 Å². The van der Waals surface area contributed by atoms with Crippen molar-refractivity contribution >= 4 is 11.6 Å². The molecule has 0 spiro atoms. The lowest BCUT2D eigenvalue weighted by Gasteiger charge is -2.56. The van der Waals surface area contributed by atoms with Crippen molar-refractivity contribution in [2.75, 3.05) is 0 Å². The van der Waals surface area contributed by atoms with Gasteiger partial charge in [0.1, 0.15) is 17.3 Å². The minimum atomic E-state index is -0.405. The van der Waals surface area contributed by atoms with Crippen molar-refractivity contribution in [3.05, 3.63) is 24.0 Å². The van der Waals surface area contributed by atoms with Crippen LogP contribution in [0.2, 0.25) is 0 Å². The van der Waals surface area contributed by atoms with Crippen molar-refractivity contribution in [1.82, 2.24) is 0 Å². The molecule has 3 heteroatoms. The molecule has 0 bridgehead atoms. The van der Waals surface area contributed by atoms with Crippen LogP contribution in [0.25, 0.3) is 0 Å². The molecule has 0 heterocycles. The van der Waals surface area contributed by atoms with E-state index in [2.05, 4.69) is 13.0 Å². The molecule has 3 saturated carbocycles. The molecule has 4 aliphatic rings. The van der Waals surface area contributed by atoms with Gasteiger partial charge in [-0.2, -0.15) is 0 Å². The number of aliphatic hydroxyl groups is 1. The van der Waals surface area contributed by atoms with Crippen LogP contribution in [0.5, 0.6) is 0 Å². The van der Waals surface area contributed by atoms with E-state index in [0.717, 1.165) is 19.3 Å². The number of hydrogen-bond donors (Lipinski definition) is 1. The number of ketones is 2. The minimum absolute atomic E-state index is 0.0100. The minimum Gasteiger partial charge on any atom is -0.508 e. The van der Waals surface area contributed by atoms with E-state index in [0.29, 0.717) is 36.2 Å². The van der Waals surface area contributed by atoms with Gasteiger partial charge in [0.25, 0.3) is 0 Å². The first kappa shape index (κ1) is 14.2. The molecule has 6 atom stereocenters. The Hall–Kier alpha value is -1.38. The summed E-state index contributed by atoms with van der Waals surface area (Å²) in [6.07, 6.45) is 9.76. The molecule has 0 amide bonds. The average molecular weight is 300 g/mol. The molecule has 0 aromatic carbocycles. The summed E-state index contributed by atoms with van der Waals surface area (Å²) in [7, 11) is 0. The summed E-state index contributed by atoms with van der Waals surface area (Å²) >= 11 is 0. The van der Waals surface area contributed by atoms with Gasteiger partial charge in [-0.25, -0.2) is 0 Å². The van der Waals surface area contributed by atoms with Crippen molar-refractivity contribution in [3.63, 3.8) is 0 Å². The van der Waals surface area contributed by atoms with Crippen molar-refractivity contribution in [2.45, 2.75) is 46.0 Å². The van der Waals surface area contributed by atoms with Crippen LogP contribution < -0.4 is 0 Å². The summed E-state index contributed by atoms with van der Waals surface area (Å²) in [5.41, 5.74) is -0.600. The van der Waals surface area contributed by atoms with Gasteiger partial charge in [0, 0.05) is 29.6 Å². The molecule has 0 aromatic rings. The van der Waals surface area contributed by atoms with Crippen LogP contribution in [-0.4, -0.2) is 16.7 Å². The molecule has 0 radical (unpaired) electrons. The maximum atomic E-state index is 13.0. The zero-order valence-electron chi connectivity index (χ0n) is 13.3. The molecule has 0 aromatic heterocycles. The van der Waals surface area contributed by atoms with Gasteiger partial charge in [-0.05, 0) is 49.2 Å². The van der Waals surface area contributed by atoms with E-state index < -0.39 is 5.41 Å². The first-order chi connectivity index (χ1) is 10.4. The highest BCUT2D eigenvalue weighted by Gasteiger charge is 2.62. The monoisotopic (exact) mass is 300 g/mol. The van der Waals surface area contributed by atoms with Gasteiger partial charge in [-0.3, -0.25) is 9.59 Å². The summed E-state index contributed by atoms with van der Waals surface area (Å²) in [6, 6.07) is 0. The Balaban J connectivity index is 1.76. The third-order valence-electron chi connectivity index (χ3n) is 7.24. The number of carbonyl (C=O) groups excluding carboxylic acids is 2. The molecule has 0 aliphatic heterocycles. The third-order valence-corrected chi connectivity index (χ3v) is 7.24. The van der Waals surface area contributed by atoms with Crippen molar-refractivity contribution in [2.24, 2.45) is 34.5 Å². The van der Waals surface area contributed by atoms with E-state index in [9.17, 15) is 14.7 Å². The lowest BCUT2D eigenvalue weighted by atomic mass is 9.47. The van der Waals surface area contributed by atoms with Crippen molar-refractivity contribution in [1.29, 1.82) is 0 Å². The smallest absolute Gasteiger partial charge is 0.139 e. The van der Waals surface area contributed by atoms with E-state index in [1.165, 1.54) is 0 Å². The summed E-state index contributed by atoms with van der Waals surface area (Å²) in [5.74, 6) is 1.84. The summed E-state index contributed by atoms with van der Waals surface area (Å²) in [6.45, 7) is 4.20. The molecule has 118 valence electrons. The van der Waals surface area contributed by atoms with E-state index in [1.807, 2.05) is 13.0 Å². The van der Waals surface area contributed by atoms with Crippen LogP contribution in [-0.2, 0) is 9.59 Å². The van der Waals surface area contributed by atoms with Gasteiger partial charge >= 0.3 is 0 Å². The molecular weight excluding hydrogens is 276 g/mol. The van der Waals surface area contributed by atoms with Gasteiger partial charge in [0.15, 0.2) is 0 Å². The molecular formula is C19H24O3. The number of allylic oxidation sites excluding steroid dienone is 3. The number of Topliss-reactive ketones (excluding diaryl/α,β-unsaturated/α-hetero) is 2. The second-order valence-electron chi connectivity index (χ2n) is 8.25. The number of rotatable bonds is 0. The zero-order chi connectivity index (χ0) is 15.7. The topological polar surface area (TPSA) is 54.4 Å². The number of fused-ring (bicyclic) bond motifs is 5. The third kappa shape index (κ3) is 1.63. The largest absolute Gasteiger partial charge is 0.508 e. The Kier molecular flexibility index (Phi) is 2.80. The zero-order valence-corrected chi connectivity index (χ0v) is 13.3. The molecule has 1 N–H and O–H groups in total. The average Bonchev–Trinajstić information content (AvgIpc) is 2.75. The highest BCUT2D eigenvalue weighted by atomic mass is 16.3. The van der Waals surface area contributed by atoms with Gasteiger partial charge in [-0.1, -0.05) is 19.9 Å². The lowest BCUT2D eigenvalue weighted by molar-refractivity contribution is -0.151. The summed E-state index contributed by atoms with van der Waals surface area (Å²) in [5, 5.41) is 9.80. The van der Waals surface area contributed by atoms with E-state index in [4.69, 9.17) is 0 Å². The van der Waals surface area contributed by atoms with Crippen LogP contribution in [0.1, 0.15) is 46.0 Å². The van der Waals surface area contributed by atoms with Gasteiger partial charge in [-0.15, -0.1) is 0 Å². The second kappa shape index (κ2) is 4.33. The van der Waals surface area contributed by atoms with Crippen LogP contribution in [0.15, 0.2) is 24.0 Å². The molecule has 4 aliphatic carbocycles. The predicted molar refractivity (Wildman–Crippen MR) is 83.1 cm³/mol. The van der Waals surface area contributed by atoms with Crippen LogP contribution in [0.4, 0.5) is 0 Å². The Morgan fingerprint density at radius 3 is 2.73 bits per heavy atom. The fourth-order valence-electron chi connectivity index (χ4n) is 6.06. The summed E-state index contributed by atoms with van der Waals surface area (Å²) < 4.78 is 0. The first-order valence-electron chi connectivity index (χ1n) is 8.52. The highest BCUT2D eigenvalue weighted by molar-refractivity contribution is 5.95. The molecule has 4 rings (SSSR count). The van der Waals surface area contributed by atoms with Crippen LogP contribution in [0.3, 0.4) is 0 Å². The van der Waals surface area contributed by atoms with Crippen molar-refractivity contribution < 1.29 is 14.7 Å². The predicted octanol–water partition coefficient (Wildman–Crippen LogP) is 3.61. The highest BCUT2D eigenvalue weighted by Crippen LogP contribution is 2.62. The fourth-order valence-corrected chi connectivity index (χ4v) is 6.06. The van der Waals surface area contributed by atoms with Crippen molar-refractivity contribution in [3.8, 4) is 0 Å². The standard InChI is InChI=1S/C19H24O3/c1-18-8-7-12(20)9-11(18)3-4-13-14-5-6-16(22)19(14,2)10-15(21)17(13)18/h7-9,11,13-14,17,20H,3-6,10H2,1-2H3/t11-,13+,14+,17-,18+,19-/m0/s1. The maximum Gasteiger partial charge on any atom is 0.139 e. The molecule has 3 nitrogen and oxygen atoms in total. The van der Waals surface area contributed by atoms with Gasteiger partial charge in [0.05, 0.1) is 0 Å². The normalized spacial score (nSPS) is 50.2. The van der Waals surface area contributed by atoms with Gasteiger partial charge < -0.3 is 5.11 Å². The quantitative estimate of drug-likeness (QED) is 0.743. The Bertz CT molecular complexity index is 616.